The van der Waals surface area contributed by atoms with Gasteiger partial charge in [-0.15, -0.1) is 0 Å². The Labute approximate surface area is 152 Å². The van der Waals surface area contributed by atoms with Crippen molar-refractivity contribution in [2.45, 2.75) is 33.2 Å². The van der Waals surface area contributed by atoms with E-state index in [1.165, 1.54) is 5.56 Å². The molecule has 0 radical (unpaired) electrons. The number of nitrogens with zero attached hydrogens (tertiary/aromatic N) is 2. The number of esters is 1. The second-order valence-corrected chi connectivity index (χ2v) is 6.03. The number of ether oxygens (including phenoxy) is 1. The van der Waals surface area contributed by atoms with E-state index in [0.717, 1.165) is 12.1 Å². The molecule has 0 spiro atoms. The average molecular weight is 354 g/mol. The molecule has 1 aliphatic heterocycles. The first-order valence-corrected chi connectivity index (χ1v) is 8.62. The van der Waals surface area contributed by atoms with Crippen molar-refractivity contribution in [1.82, 2.24) is 20.4 Å². The van der Waals surface area contributed by atoms with Gasteiger partial charge in [0.1, 0.15) is 0 Å². The molecular formula is C19H22N4O3. The van der Waals surface area contributed by atoms with Gasteiger partial charge in [-0.2, -0.15) is 5.10 Å². The monoisotopic (exact) mass is 354 g/mol. The standard InChI is InChI=1S/C19H22N4O3/c1-4-13-7-6-8-15(9-13)23-11-14(10-20-23)17-16(18(24)26-5-2)12(3)21-19(25)22-17/h6-11,17H,4-5H2,1-3H3,(H2,21,22,25). The zero-order valence-electron chi connectivity index (χ0n) is 15.1. The molecule has 2 N–H and O–H groups in total. The molecular weight excluding hydrogens is 332 g/mol. The van der Waals surface area contributed by atoms with Crippen LogP contribution in [0.15, 0.2) is 47.9 Å². The summed E-state index contributed by atoms with van der Waals surface area (Å²) in [6, 6.07) is 7.10. The molecule has 1 unspecified atom stereocenters. The van der Waals surface area contributed by atoms with E-state index < -0.39 is 12.0 Å². The number of benzene rings is 1. The smallest absolute Gasteiger partial charge is 0.338 e. The minimum atomic E-state index is -0.606. The molecule has 1 aliphatic rings. The van der Waals surface area contributed by atoms with E-state index in [9.17, 15) is 9.59 Å². The Kier molecular flexibility index (Phi) is 5.06. The summed E-state index contributed by atoms with van der Waals surface area (Å²) >= 11 is 0. The quantitative estimate of drug-likeness (QED) is 0.809. The van der Waals surface area contributed by atoms with Crippen molar-refractivity contribution in [1.29, 1.82) is 0 Å². The van der Waals surface area contributed by atoms with Gasteiger partial charge in [0.15, 0.2) is 0 Å². The summed E-state index contributed by atoms with van der Waals surface area (Å²) in [5, 5.41) is 9.80. The van der Waals surface area contributed by atoms with Gasteiger partial charge in [0, 0.05) is 17.5 Å². The van der Waals surface area contributed by atoms with E-state index in [4.69, 9.17) is 4.74 Å². The Morgan fingerprint density at radius 3 is 2.88 bits per heavy atom. The molecule has 2 heterocycles. The molecule has 0 aliphatic carbocycles. The van der Waals surface area contributed by atoms with E-state index in [2.05, 4.69) is 34.8 Å². The van der Waals surface area contributed by atoms with Crippen molar-refractivity contribution in [2.24, 2.45) is 0 Å². The predicted octanol–water partition coefficient (Wildman–Crippen LogP) is 2.63. The number of urea groups is 1. The second-order valence-electron chi connectivity index (χ2n) is 6.03. The van der Waals surface area contributed by atoms with Crippen LogP contribution in [0.2, 0.25) is 0 Å². The predicted molar refractivity (Wildman–Crippen MR) is 96.7 cm³/mol. The van der Waals surface area contributed by atoms with E-state index in [-0.39, 0.29) is 12.6 Å². The average Bonchev–Trinajstić information content (AvgIpc) is 3.11. The fraction of sp³-hybridized carbons (Fsp3) is 0.316. The first-order chi connectivity index (χ1) is 12.5. The molecule has 2 aromatic rings. The van der Waals surface area contributed by atoms with Gasteiger partial charge < -0.3 is 15.4 Å². The minimum absolute atomic E-state index is 0.263. The molecule has 26 heavy (non-hydrogen) atoms. The van der Waals surface area contributed by atoms with Crippen LogP contribution in [0, 0.1) is 0 Å². The van der Waals surface area contributed by atoms with Crippen molar-refractivity contribution in [3.8, 4) is 5.69 Å². The number of amides is 2. The number of carbonyl (C=O) groups is 2. The highest BCUT2D eigenvalue weighted by molar-refractivity contribution is 5.94. The van der Waals surface area contributed by atoms with E-state index in [1.54, 1.807) is 24.7 Å². The van der Waals surface area contributed by atoms with Gasteiger partial charge in [-0.1, -0.05) is 19.1 Å². The molecule has 0 saturated heterocycles. The van der Waals surface area contributed by atoms with Crippen molar-refractivity contribution in [3.05, 3.63) is 59.1 Å². The molecule has 1 atom stereocenters. The van der Waals surface area contributed by atoms with Crippen LogP contribution >= 0.6 is 0 Å². The number of carbonyl (C=O) groups excluding carboxylic acids is 2. The van der Waals surface area contributed by atoms with E-state index >= 15 is 0 Å². The van der Waals surface area contributed by atoms with Gasteiger partial charge in [-0.05, 0) is 38.0 Å². The molecule has 0 bridgehead atoms. The summed E-state index contributed by atoms with van der Waals surface area (Å²) in [4.78, 5) is 24.3. The van der Waals surface area contributed by atoms with Gasteiger partial charge >= 0.3 is 12.0 Å². The minimum Gasteiger partial charge on any atom is -0.463 e. The SMILES string of the molecule is CCOC(=O)C1=C(C)NC(=O)NC1c1cnn(-c2cccc(CC)c2)c1. The maximum atomic E-state index is 12.4. The molecule has 0 saturated carbocycles. The maximum Gasteiger partial charge on any atom is 0.338 e. The zero-order chi connectivity index (χ0) is 18.7. The van der Waals surface area contributed by atoms with Gasteiger partial charge in [-0.25, -0.2) is 14.3 Å². The van der Waals surface area contributed by atoms with Crippen LogP contribution in [0.3, 0.4) is 0 Å². The van der Waals surface area contributed by atoms with E-state index in [1.807, 2.05) is 18.3 Å². The molecule has 0 fully saturated rings. The van der Waals surface area contributed by atoms with Crippen LogP contribution in [-0.2, 0) is 16.0 Å². The summed E-state index contributed by atoms with van der Waals surface area (Å²) in [5.74, 6) is -0.455. The first kappa shape index (κ1) is 17.7. The number of rotatable bonds is 5. The first-order valence-electron chi connectivity index (χ1n) is 8.62. The molecule has 3 rings (SSSR count). The topological polar surface area (TPSA) is 85.2 Å². The van der Waals surface area contributed by atoms with Crippen molar-refractivity contribution >= 4 is 12.0 Å². The highest BCUT2D eigenvalue weighted by atomic mass is 16.5. The largest absolute Gasteiger partial charge is 0.463 e. The van der Waals surface area contributed by atoms with Crippen LogP contribution in [0.4, 0.5) is 4.79 Å². The van der Waals surface area contributed by atoms with Crippen LogP contribution in [0.5, 0.6) is 0 Å². The fourth-order valence-electron chi connectivity index (χ4n) is 2.97. The van der Waals surface area contributed by atoms with E-state index in [0.29, 0.717) is 16.8 Å². The third kappa shape index (κ3) is 3.46. The molecule has 7 heteroatoms. The lowest BCUT2D eigenvalue weighted by Gasteiger charge is -2.27. The maximum absolute atomic E-state index is 12.4. The van der Waals surface area contributed by atoms with Crippen molar-refractivity contribution in [3.63, 3.8) is 0 Å². The summed E-state index contributed by atoms with van der Waals surface area (Å²) in [6.07, 6.45) is 4.40. The third-order valence-electron chi connectivity index (χ3n) is 4.28. The second kappa shape index (κ2) is 7.43. The number of aryl methyl sites for hydroxylation is 1. The number of nitrogens with one attached hydrogen (secondary N) is 2. The Morgan fingerprint density at radius 1 is 1.35 bits per heavy atom. The number of aromatic nitrogens is 2. The van der Waals surface area contributed by atoms with Crippen molar-refractivity contribution in [2.75, 3.05) is 6.61 Å². The van der Waals surface area contributed by atoms with Crippen LogP contribution in [-0.4, -0.2) is 28.4 Å². The Hall–Kier alpha value is -3.09. The third-order valence-corrected chi connectivity index (χ3v) is 4.28. The number of hydrogen-bond donors (Lipinski definition) is 2. The highest BCUT2D eigenvalue weighted by Crippen LogP contribution is 2.28. The fourth-order valence-corrected chi connectivity index (χ4v) is 2.97. The summed E-state index contributed by atoms with van der Waals surface area (Å²) in [5.41, 5.74) is 3.71. The normalized spacial score (nSPS) is 16.9. The Balaban J connectivity index is 1.96. The number of hydrogen-bond acceptors (Lipinski definition) is 4. The van der Waals surface area contributed by atoms with Gasteiger partial charge in [-0.3, -0.25) is 0 Å². The van der Waals surface area contributed by atoms with Crippen LogP contribution in [0.25, 0.3) is 5.69 Å². The Bertz CT molecular complexity index is 869. The summed E-state index contributed by atoms with van der Waals surface area (Å²) < 4.78 is 6.88. The Morgan fingerprint density at radius 2 is 2.15 bits per heavy atom. The lowest BCUT2D eigenvalue weighted by atomic mass is 9.98. The van der Waals surface area contributed by atoms with Gasteiger partial charge in [0.2, 0.25) is 0 Å². The molecule has 7 nitrogen and oxygen atoms in total. The zero-order valence-corrected chi connectivity index (χ0v) is 15.1. The van der Waals surface area contributed by atoms with Gasteiger partial charge in [0.05, 0.1) is 30.1 Å². The van der Waals surface area contributed by atoms with Crippen LogP contribution < -0.4 is 10.6 Å². The summed E-state index contributed by atoms with van der Waals surface area (Å²) in [6.45, 7) is 5.79. The molecule has 1 aromatic carbocycles. The summed E-state index contributed by atoms with van der Waals surface area (Å²) in [7, 11) is 0. The lowest BCUT2D eigenvalue weighted by molar-refractivity contribution is -0.139. The van der Waals surface area contributed by atoms with Crippen LogP contribution in [0.1, 0.15) is 37.9 Å². The molecule has 136 valence electrons. The number of allylic oxidation sites excluding steroid dienone is 1. The lowest BCUT2D eigenvalue weighted by Crippen LogP contribution is -2.45. The molecule has 1 aromatic heterocycles. The van der Waals surface area contributed by atoms with Crippen molar-refractivity contribution < 1.29 is 14.3 Å². The highest BCUT2D eigenvalue weighted by Gasteiger charge is 2.32. The van der Waals surface area contributed by atoms with Gasteiger partial charge in [0.25, 0.3) is 0 Å². The molecule has 2 amide bonds.